The highest BCUT2D eigenvalue weighted by Gasteiger charge is 2.02. The van der Waals surface area contributed by atoms with Gasteiger partial charge in [-0.05, 0) is 6.07 Å². The minimum absolute atomic E-state index is 0.317. The van der Waals surface area contributed by atoms with Crippen LogP contribution in [0.4, 0.5) is 0 Å². The summed E-state index contributed by atoms with van der Waals surface area (Å²) in [5.41, 5.74) is 7.58. The number of nitrogens with two attached hydrogens (primary N) is 1. The summed E-state index contributed by atoms with van der Waals surface area (Å²) >= 11 is 0. The second-order valence-corrected chi connectivity index (χ2v) is 3.93. The number of nitrogens with zero attached hydrogens (tertiary/aromatic N) is 1. The summed E-state index contributed by atoms with van der Waals surface area (Å²) in [7, 11) is 1.63. The van der Waals surface area contributed by atoms with Crippen LogP contribution in [0.5, 0.6) is 5.75 Å². The van der Waals surface area contributed by atoms with Crippen molar-refractivity contribution in [2.75, 3.05) is 7.11 Å². The third-order valence-electron chi connectivity index (χ3n) is 2.65. The van der Waals surface area contributed by atoms with Gasteiger partial charge in [0, 0.05) is 11.1 Å². The number of benzene rings is 2. The smallest absolute Gasteiger partial charge is 0.170 e. The van der Waals surface area contributed by atoms with Crippen LogP contribution in [-0.4, -0.2) is 12.9 Å². The SMILES string of the molecule is COc1ccccc1CO/N=C(\N)c1ccccc1. The minimum atomic E-state index is 0.317. The average molecular weight is 256 g/mol. The molecule has 0 aliphatic heterocycles. The molecule has 2 aromatic rings. The predicted molar refractivity (Wildman–Crippen MR) is 74.9 cm³/mol. The highest BCUT2D eigenvalue weighted by atomic mass is 16.6. The summed E-state index contributed by atoms with van der Waals surface area (Å²) in [6.45, 7) is 0.317. The van der Waals surface area contributed by atoms with Gasteiger partial charge in [-0.2, -0.15) is 0 Å². The highest BCUT2D eigenvalue weighted by molar-refractivity contribution is 5.96. The molecule has 0 aliphatic carbocycles. The highest BCUT2D eigenvalue weighted by Crippen LogP contribution is 2.18. The van der Waals surface area contributed by atoms with E-state index in [0.29, 0.717) is 12.4 Å². The largest absolute Gasteiger partial charge is 0.496 e. The van der Waals surface area contributed by atoms with E-state index in [2.05, 4.69) is 5.16 Å². The van der Waals surface area contributed by atoms with Gasteiger partial charge in [0.15, 0.2) is 5.84 Å². The fourth-order valence-electron chi connectivity index (χ4n) is 1.66. The van der Waals surface area contributed by atoms with Gasteiger partial charge in [-0.1, -0.05) is 53.7 Å². The molecule has 2 aromatic carbocycles. The maximum Gasteiger partial charge on any atom is 0.170 e. The van der Waals surface area contributed by atoms with Crippen molar-refractivity contribution in [3.05, 3.63) is 65.7 Å². The first-order valence-electron chi connectivity index (χ1n) is 5.94. The van der Waals surface area contributed by atoms with E-state index in [-0.39, 0.29) is 0 Å². The fourth-order valence-corrected chi connectivity index (χ4v) is 1.66. The molecule has 0 atom stereocenters. The Morgan fingerprint density at radius 3 is 2.47 bits per heavy atom. The molecule has 0 spiro atoms. The lowest BCUT2D eigenvalue weighted by Gasteiger charge is -2.07. The van der Waals surface area contributed by atoms with Gasteiger partial charge in [0.1, 0.15) is 12.4 Å². The van der Waals surface area contributed by atoms with Crippen LogP contribution in [0, 0.1) is 0 Å². The molecule has 4 nitrogen and oxygen atoms in total. The zero-order chi connectivity index (χ0) is 13.5. The number of hydrogen-bond donors (Lipinski definition) is 1. The average Bonchev–Trinajstić information content (AvgIpc) is 2.48. The monoisotopic (exact) mass is 256 g/mol. The molecule has 19 heavy (non-hydrogen) atoms. The van der Waals surface area contributed by atoms with Gasteiger partial charge in [-0.25, -0.2) is 0 Å². The first-order chi connectivity index (χ1) is 9.31. The third kappa shape index (κ3) is 3.48. The quantitative estimate of drug-likeness (QED) is 0.508. The topological polar surface area (TPSA) is 56.8 Å². The molecule has 0 saturated heterocycles. The van der Waals surface area contributed by atoms with Gasteiger partial charge in [-0.3, -0.25) is 0 Å². The van der Waals surface area contributed by atoms with E-state index >= 15 is 0 Å². The molecule has 0 heterocycles. The van der Waals surface area contributed by atoms with Crippen LogP contribution < -0.4 is 10.5 Å². The summed E-state index contributed by atoms with van der Waals surface area (Å²) in [5.74, 6) is 1.13. The van der Waals surface area contributed by atoms with Gasteiger partial charge >= 0.3 is 0 Å². The first kappa shape index (κ1) is 13.0. The summed E-state index contributed by atoms with van der Waals surface area (Å²) < 4.78 is 5.23. The Labute approximate surface area is 112 Å². The molecule has 0 radical (unpaired) electrons. The molecule has 0 aliphatic rings. The number of para-hydroxylation sites is 1. The Kier molecular flexibility index (Phi) is 4.39. The van der Waals surface area contributed by atoms with Crippen molar-refractivity contribution in [3.8, 4) is 5.75 Å². The molecule has 2 rings (SSSR count). The number of ether oxygens (including phenoxy) is 1. The molecule has 0 fully saturated rings. The molecule has 2 N–H and O–H groups in total. The summed E-state index contributed by atoms with van der Waals surface area (Å²) in [4.78, 5) is 5.26. The van der Waals surface area contributed by atoms with Crippen LogP contribution in [0.25, 0.3) is 0 Å². The maximum absolute atomic E-state index is 5.82. The second-order valence-electron chi connectivity index (χ2n) is 3.93. The van der Waals surface area contributed by atoms with Gasteiger partial charge < -0.3 is 15.3 Å². The van der Waals surface area contributed by atoms with Gasteiger partial charge in [0.2, 0.25) is 0 Å². The van der Waals surface area contributed by atoms with Crippen LogP contribution in [0.2, 0.25) is 0 Å². The Bertz CT molecular complexity index is 553. The van der Waals surface area contributed by atoms with Crippen LogP contribution in [-0.2, 0) is 11.4 Å². The van der Waals surface area contributed by atoms with Crippen LogP contribution in [0.1, 0.15) is 11.1 Å². The number of oxime groups is 1. The van der Waals surface area contributed by atoms with E-state index in [9.17, 15) is 0 Å². The van der Waals surface area contributed by atoms with Crippen molar-refractivity contribution < 1.29 is 9.57 Å². The molecule has 0 unspecified atom stereocenters. The molecule has 98 valence electrons. The van der Waals surface area contributed by atoms with Gasteiger partial charge in [0.05, 0.1) is 7.11 Å². The standard InChI is InChI=1S/C15H16N2O2/c1-18-14-10-6-5-9-13(14)11-19-17-15(16)12-7-3-2-4-8-12/h2-10H,11H2,1H3,(H2,16,17). The predicted octanol–water partition coefficient (Wildman–Crippen LogP) is 2.53. The van der Waals surface area contributed by atoms with E-state index in [0.717, 1.165) is 16.9 Å². The van der Waals surface area contributed by atoms with E-state index in [1.807, 2.05) is 54.6 Å². The molecule has 0 aromatic heterocycles. The van der Waals surface area contributed by atoms with Gasteiger partial charge in [-0.15, -0.1) is 0 Å². The minimum Gasteiger partial charge on any atom is -0.496 e. The Morgan fingerprint density at radius 2 is 1.74 bits per heavy atom. The molecule has 0 saturated carbocycles. The van der Waals surface area contributed by atoms with Crippen molar-refractivity contribution in [1.82, 2.24) is 0 Å². The van der Waals surface area contributed by atoms with E-state index in [4.69, 9.17) is 15.3 Å². The maximum atomic E-state index is 5.82. The van der Waals surface area contributed by atoms with Gasteiger partial charge in [0.25, 0.3) is 0 Å². The molecule has 0 bridgehead atoms. The number of methoxy groups -OCH3 is 1. The van der Waals surface area contributed by atoms with Crippen LogP contribution >= 0.6 is 0 Å². The molecule has 0 amide bonds. The molecule has 4 heteroatoms. The Balaban J connectivity index is 2.00. The molecular formula is C15H16N2O2. The van der Waals surface area contributed by atoms with Crippen molar-refractivity contribution in [2.24, 2.45) is 10.9 Å². The van der Waals surface area contributed by atoms with Crippen LogP contribution in [0.3, 0.4) is 0 Å². The summed E-state index contributed by atoms with van der Waals surface area (Å²) in [6, 6.07) is 17.1. The van der Waals surface area contributed by atoms with Crippen molar-refractivity contribution in [2.45, 2.75) is 6.61 Å². The lowest BCUT2D eigenvalue weighted by Crippen LogP contribution is -2.13. The van der Waals surface area contributed by atoms with E-state index in [1.165, 1.54) is 0 Å². The van der Waals surface area contributed by atoms with E-state index < -0.39 is 0 Å². The number of rotatable bonds is 5. The van der Waals surface area contributed by atoms with Crippen molar-refractivity contribution >= 4 is 5.84 Å². The Morgan fingerprint density at radius 1 is 1.05 bits per heavy atom. The normalized spacial score (nSPS) is 11.1. The van der Waals surface area contributed by atoms with Crippen molar-refractivity contribution in [3.63, 3.8) is 0 Å². The summed E-state index contributed by atoms with van der Waals surface area (Å²) in [5, 5.41) is 3.90. The number of amidine groups is 1. The zero-order valence-corrected chi connectivity index (χ0v) is 10.7. The van der Waals surface area contributed by atoms with Crippen LogP contribution in [0.15, 0.2) is 59.8 Å². The molecular weight excluding hydrogens is 240 g/mol. The lowest BCUT2D eigenvalue weighted by molar-refractivity contribution is 0.128. The Hall–Kier alpha value is -2.49. The summed E-state index contributed by atoms with van der Waals surface area (Å²) in [6.07, 6.45) is 0. The number of hydrogen-bond acceptors (Lipinski definition) is 3. The van der Waals surface area contributed by atoms with Crippen molar-refractivity contribution in [1.29, 1.82) is 0 Å². The second kappa shape index (κ2) is 6.44. The fraction of sp³-hybridized carbons (Fsp3) is 0.133. The third-order valence-corrected chi connectivity index (χ3v) is 2.65. The lowest BCUT2D eigenvalue weighted by atomic mass is 10.2. The first-order valence-corrected chi connectivity index (χ1v) is 5.94. The van der Waals surface area contributed by atoms with E-state index in [1.54, 1.807) is 7.11 Å². The zero-order valence-electron chi connectivity index (χ0n) is 10.7.